The van der Waals surface area contributed by atoms with Crippen LogP contribution in [0.3, 0.4) is 0 Å². The maximum absolute atomic E-state index is 13.0. The average molecular weight is 434 g/mol. The number of nitrogens with one attached hydrogen (secondary N) is 1. The van der Waals surface area contributed by atoms with Gasteiger partial charge in [0, 0.05) is 48.9 Å². The quantitative estimate of drug-likeness (QED) is 0.537. The summed E-state index contributed by atoms with van der Waals surface area (Å²) in [5.74, 6) is 0.500. The van der Waals surface area contributed by atoms with Crippen molar-refractivity contribution in [3.63, 3.8) is 0 Å². The van der Waals surface area contributed by atoms with Crippen LogP contribution in [0.5, 0.6) is 0 Å². The molecule has 0 saturated carbocycles. The summed E-state index contributed by atoms with van der Waals surface area (Å²) in [5.41, 5.74) is 1.17. The van der Waals surface area contributed by atoms with Crippen molar-refractivity contribution in [3.05, 3.63) is 59.7 Å². The number of rotatable bonds is 7. The van der Waals surface area contributed by atoms with E-state index in [1.165, 1.54) is 10.4 Å². The summed E-state index contributed by atoms with van der Waals surface area (Å²) in [5, 5.41) is 2.90. The van der Waals surface area contributed by atoms with Crippen LogP contribution in [0.1, 0.15) is 15.9 Å². The summed E-state index contributed by atoms with van der Waals surface area (Å²) in [7, 11) is -1.62. The molecule has 2 aromatic rings. The second-order valence-electron chi connectivity index (χ2n) is 7.10. The highest BCUT2D eigenvalue weighted by Crippen LogP contribution is 2.21. The molecule has 0 aromatic heterocycles. The van der Waals surface area contributed by atoms with Crippen molar-refractivity contribution in [1.29, 1.82) is 0 Å². The molecule has 0 bridgehead atoms. The van der Waals surface area contributed by atoms with E-state index in [2.05, 4.69) is 10.2 Å². The molecule has 2 aromatic carbocycles. The van der Waals surface area contributed by atoms with Crippen LogP contribution in [-0.4, -0.2) is 69.1 Å². The minimum absolute atomic E-state index is 0.177. The zero-order valence-electron chi connectivity index (χ0n) is 16.8. The van der Waals surface area contributed by atoms with E-state index < -0.39 is 10.0 Å². The monoisotopic (exact) mass is 433 g/mol. The average Bonchev–Trinajstić information content (AvgIpc) is 2.72. The van der Waals surface area contributed by atoms with Crippen molar-refractivity contribution < 1.29 is 13.2 Å². The van der Waals surface area contributed by atoms with Crippen molar-refractivity contribution in [2.75, 3.05) is 45.5 Å². The van der Waals surface area contributed by atoms with Gasteiger partial charge < -0.3 is 10.2 Å². The molecule has 1 saturated heterocycles. The molecule has 1 aliphatic heterocycles. The van der Waals surface area contributed by atoms with Gasteiger partial charge in [-0.2, -0.15) is 4.31 Å². The number of hydrogen-bond acceptors (Lipinski definition) is 5. The molecule has 156 valence electrons. The molecule has 0 atom stereocenters. The Hall–Kier alpha value is -1.87. The van der Waals surface area contributed by atoms with Crippen molar-refractivity contribution in [3.8, 4) is 0 Å². The van der Waals surface area contributed by atoms with Gasteiger partial charge in [0.05, 0.1) is 4.90 Å². The molecule has 0 unspecified atom stereocenters. The van der Waals surface area contributed by atoms with Crippen LogP contribution in [0.2, 0.25) is 0 Å². The van der Waals surface area contributed by atoms with Crippen LogP contribution in [0.4, 0.5) is 0 Å². The van der Waals surface area contributed by atoms with E-state index in [0.717, 1.165) is 16.2 Å². The molecule has 6 nitrogen and oxygen atoms in total. The third-order valence-electron chi connectivity index (χ3n) is 4.95. The maximum atomic E-state index is 13.0. The third kappa shape index (κ3) is 5.60. The Labute approximate surface area is 177 Å². The van der Waals surface area contributed by atoms with Crippen LogP contribution >= 0.6 is 11.8 Å². The molecule has 3 rings (SSSR count). The lowest BCUT2D eigenvalue weighted by atomic mass is 10.1. The molecule has 1 amide bonds. The number of carbonyl (C=O) groups is 1. The number of hydrogen-bond donors (Lipinski definition) is 1. The SMILES string of the molecule is Cc1ccc(S(=O)(=O)N2CCN(C)CC2)cc1C(=O)NCCSc1ccccc1. The smallest absolute Gasteiger partial charge is 0.251 e. The predicted octanol–water partition coefficient (Wildman–Crippen LogP) is 2.45. The summed E-state index contributed by atoms with van der Waals surface area (Å²) in [6, 6.07) is 14.8. The highest BCUT2D eigenvalue weighted by molar-refractivity contribution is 7.99. The van der Waals surface area contributed by atoms with Gasteiger partial charge in [-0.15, -0.1) is 11.8 Å². The Morgan fingerprint density at radius 1 is 1.07 bits per heavy atom. The van der Waals surface area contributed by atoms with E-state index in [1.54, 1.807) is 23.9 Å². The molecule has 0 aliphatic carbocycles. The lowest BCUT2D eigenvalue weighted by Gasteiger charge is -2.31. The number of piperazine rings is 1. The Bertz CT molecular complexity index is 941. The molecule has 1 aliphatic rings. The fraction of sp³-hybridized carbons (Fsp3) is 0.381. The van der Waals surface area contributed by atoms with Crippen molar-refractivity contribution >= 4 is 27.7 Å². The first-order valence-electron chi connectivity index (χ1n) is 9.63. The van der Waals surface area contributed by atoms with E-state index in [1.807, 2.05) is 44.3 Å². The van der Waals surface area contributed by atoms with E-state index in [9.17, 15) is 13.2 Å². The molecular weight excluding hydrogens is 406 g/mol. The molecule has 1 N–H and O–H groups in total. The topological polar surface area (TPSA) is 69.7 Å². The Kier molecular flexibility index (Phi) is 7.34. The minimum Gasteiger partial charge on any atom is -0.351 e. The molecule has 1 heterocycles. The summed E-state index contributed by atoms with van der Waals surface area (Å²) in [6.07, 6.45) is 0. The molecular formula is C21H27N3O3S2. The van der Waals surface area contributed by atoms with E-state index in [-0.39, 0.29) is 10.8 Å². The first kappa shape index (κ1) is 21.8. The van der Waals surface area contributed by atoms with Crippen LogP contribution in [0.15, 0.2) is 58.3 Å². The summed E-state index contributed by atoms with van der Waals surface area (Å²) in [6.45, 7) is 4.66. The minimum atomic E-state index is -3.60. The Balaban J connectivity index is 1.64. The van der Waals surface area contributed by atoms with Gasteiger partial charge in [-0.1, -0.05) is 24.3 Å². The van der Waals surface area contributed by atoms with Crippen molar-refractivity contribution in [1.82, 2.24) is 14.5 Å². The zero-order chi connectivity index (χ0) is 20.9. The number of thioether (sulfide) groups is 1. The number of carbonyl (C=O) groups excluding carboxylic acids is 1. The van der Waals surface area contributed by atoms with Crippen LogP contribution in [0.25, 0.3) is 0 Å². The molecule has 1 fully saturated rings. The van der Waals surface area contributed by atoms with E-state index in [4.69, 9.17) is 0 Å². The fourth-order valence-corrected chi connectivity index (χ4v) is 5.37. The standard InChI is InChI=1S/C21H27N3O3S2/c1-17-8-9-19(29(26,27)24-13-11-23(2)12-14-24)16-20(17)21(25)22-10-15-28-18-6-4-3-5-7-18/h3-9,16H,10-15H2,1-2H3,(H,22,25). The summed E-state index contributed by atoms with van der Waals surface area (Å²) in [4.78, 5) is 16.1. The van der Waals surface area contributed by atoms with Gasteiger partial charge in [-0.3, -0.25) is 4.79 Å². The first-order valence-corrected chi connectivity index (χ1v) is 12.1. The Morgan fingerprint density at radius 3 is 2.45 bits per heavy atom. The summed E-state index contributed by atoms with van der Waals surface area (Å²) >= 11 is 1.67. The Morgan fingerprint density at radius 2 is 1.76 bits per heavy atom. The number of benzene rings is 2. The highest BCUT2D eigenvalue weighted by atomic mass is 32.2. The second kappa shape index (κ2) is 9.75. The first-order chi connectivity index (χ1) is 13.9. The number of aryl methyl sites for hydroxylation is 1. The molecule has 0 spiro atoms. The van der Waals surface area contributed by atoms with E-state index in [0.29, 0.717) is 38.3 Å². The zero-order valence-corrected chi connectivity index (χ0v) is 18.4. The van der Waals surface area contributed by atoms with Crippen LogP contribution in [0, 0.1) is 6.92 Å². The maximum Gasteiger partial charge on any atom is 0.251 e. The number of sulfonamides is 1. The highest BCUT2D eigenvalue weighted by Gasteiger charge is 2.28. The van der Waals surface area contributed by atoms with E-state index >= 15 is 0 Å². The third-order valence-corrected chi connectivity index (χ3v) is 7.86. The van der Waals surface area contributed by atoms with Crippen molar-refractivity contribution in [2.45, 2.75) is 16.7 Å². The second-order valence-corrected chi connectivity index (χ2v) is 10.2. The number of amides is 1. The predicted molar refractivity (Wildman–Crippen MR) is 117 cm³/mol. The van der Waals surface area contributed by atoms with Gasteiger partial charge in [-0.25, -0.2) is 8.42 Å². The molecule has 0 radical (unpaired) electrons. The molecule has 8 heteroatoms. The normalized spacial score (nSPS) is 15.9. The number of nitrogens with zero attached hydrogens (tertiary/aromatic N) is 2. The number of likely N-dealkylation sites (N-methyl/N-ethyl adjacent to an activating group) is 1. The lowest BCUT2D eigenvalue weighted by molar-refractivity contribution is 0.0955. The fourth-order valence-electron chi connectivity index (χ4n) is 3.13. The largest absolute Gasteiger partial charge is 0.351 e. The summed E-state index contributed by atoms with van der Waals surface area (Å²) < 4.78 is 27.4. The van der Waals surface area contributed by atoms with Crippen LogP contribution in [-0.2, 0) is 10.0 Å². The van der Waals surface area contributed by atoms with Gasteiger partial charge in [0.1, 0.15) is 0 Å². The van der Waals surface area contributed by atoms with Gasteiger partial charge in [-0.05, 0) is 43.8 Å². The van der Waals surface area contributed by atoms with Gasteiger partial charge in [0.15, 0.2) is 0 Å². The van der Waals surface area contributed by atoms with Gasteiger partial charge in [0.25, 0.3) is 5.91 Å². The van der Waals surface area contributed by atoms with Gasteiger partial charge in [0.2, 0.25) is 10.0 Å². The van der Waals surface area contributed by atoms with Crippen LogP contribution < -0.4 is 5.32 Å². The lowest BCUT2D eigenvalue weighted by Crippen LogP contribution is -2.47. The van der Waals surface area contributed by atoms with Gasteiger partial charge >= 0.3 is 0 Å². The van der Waals surface area contributed by atoms with Crippen molar-refractivity contribution in [2.24, 2.45) is 0 Å². The molecule has 29 heavy (non-hydrogen) atoms.